The predicted molar refractivity (Wildman–Crippen MR) is 95.1 cm³/mol. The standard InChI is InChI=1S/C19H20N4O2/c1-12(18(20)24)9-13-10-15-17-16(11-13)25-8-4-7-23(17)19(22-15)14-5-2-3-6-21-14/h2-3,5-6,10-12H,4,7-9H2,1H3,(H2,20,24)/t12-/m1/s1. The molecule has 0 bridgehead atoms. The monoisotopic (exact) mass is 336 g/mol. The number of imidazole rings is 1. The molecular weight excluding hydrogens is 316 g/mol. The third-order valence-electron chi connectivity index (χ3n) is 4.57. The van der Waals surface area contributed by atoms with Gasteiger partial charge in [-0.2, -0.15) is 0 Å². The zero-order valence-electron chi connectivity index (χ0n) is 14.1. The molecule has 0 saturated carbocycles. The Bertz CT molecular complexity index is 933. The van der Waals surface area contributed by atoms with E-state index >= 15 is 0 Å². The van der Waals surface area contributed by atoms with Gasteiger partial charge in [-0.25, -0.2) is 4.98 Å². The number of benzene rings is 1. The lowest BCUT2D eigenvalue weighted by Gasteiger charge is -2.10. The quantitative estimate of drug-likeness (QED) is 0.793. The van der Waals surface area contributed by atoms with Crippen LogP contribution in [0.4, 0.5) is 0 Å². The number of aryl methyl sites for hydroxylation is 1. The molecule has 2 aromatic heterocycles. The Balaban J connectivity index is 1.87. The molecule has 0 radical (unpaired) electrons. The SMILES string of the molecule is C[C@H](Cc1cc2c3c(c1)nc(-c1ccccn1)n3CCCO2)C(N)=O. The van der Waals surface area contributed by atoms with E-state index in [1.807, 2.05) is 37.3 Å². The zero-order chi connectivity index (χ0) is 17.4. The second-order valence-corrected chi connectivity index (χ2v) is 6.47. The van der Waals surface area contributed by atoms with Crippen LogP contribution in [0.5, 0.6) is 5.75 Å². The molecule has 1 atom stereocenters. The highest BCUT2D eigenvalue weighted by molar-refractivity contribution is 5.87. The molecule has 0 saturated heterocycles. The minimum Gasteiger partial charge on any atom is -0.491 e. The summed E-state index contributed by atoms with van der Waals surface area (Å²) >= 11 is 0. The second kappa shape index (κ2) is 6.20. The van der Waals surface area contributed by atoms with Crippen molar-refractivity contribution in [1.29, 1.82) is 0 Å². The smallest absolute Gasteiger partial charge is 0.220 e. The summed E-state index contributed by atoms with van der Waals surface area (Å²) in [5, 5.41) is 0. The van der Waals surface area contributed by atoms with E-state index in [0.29, 0.717) is 13.0 Å². The molecule has 0 spiro atoms. The van der Waals surface area contributed by atoms with Gasteiger partial charge >= 0.3 is 0 Å². The first-order valence-electron chi connectivity index (χ1n) is 8.50. The number of nitrogens with zero attached hydrogens (tertiary/aromatic N) is 3. The molecule has 3 heterocycles. The predicted octanol–water partition coefficient (Wildman–Crippen LogP) is 2.54. The summed E-state index contributed by atoms with van der Waals surface area (Å²) in [6.07, 6.45) is 3.26. The summed E-state index contributed by atoms with van der Waals surface area (Å²) < 4.78 is 8.14. The van der Waals surface area contributed by atoms with E-state index in [2.05, 4.69) is 9.55 Å². The van der Waals surface area contributed by atoms with Crippen LogP contribution in [-0.2, 0) is 17.8 Å². The molecule has 3 aromatic rings. The highest BCUT2D eigenvalue weighted by Gasteiger charge is 2.21. The van der Waals surface area contributed by atoms with E-state index in [0.717, 1.165) is 46.8 Å². The van der Waals surface area contributed by atoms with Gasteiger partial charge in [0.1, 0.15) is 17.0 Å². The Hall–Kier alpha value is -2.89. The fourth-order valence-corrected chi connectivity index (χ4v) is 3.28. The van der Waals surface area contributed by atoms with Crippen molar-refractivity contribution in [2.75, 3.05) is 6.61 Å². The van der Waals surface area contributed by atoms with Crippen LogP contribution in [0.1, 0.15) is 18.9 Å². The average molecular weight is 336 g/mol. The molecule has 0 aliphatic carbocycles. The zero-order valence-corrected chi connectivity index (χ0v) is 14.1. The number of rotatable bonds is 4. The fourth-order valence-electron chi connectivity index (χ4n) is 3.28. The van der Waals surface area contributed by atoms with Crippen LogP contribution in [0.15, 0.2) is 36.5 Å². The van der Waals surface area contributed by atoms with E-state index in [1.165, 1.54) is 0 Å². The molecule has 128 valence electrons. The Morgan fingerprint density at radius 3 is 3.04 bits per heavy atom. The van der Waals surface area contributed by atoms with Crippen LogP contribution < -0.4 is 10.5 Å². The van der Waals surface area contributed by atoms with E-state index in [1.54, 1.807) is 6.20 Å². The molecular formula is C19H20N4O2. The summed E-state index contributed by atoms with van der Waals surface area (Å²) in [7, 11) is 0. The number of primary amides is 1. The molecule has 0 unspecified atom stereocenters. The molecule has 25 heavy (non-hydrogen) atoms. The topological polar surface area (TPSA) is 83.0 Å². The van der Waals surface area contributed by atoms with E-state index in [4.69, 9.17) is 15.5 Å². The summed E-state index contributed by atoms with van der Waals surface area (Å²) in [6, 6.07) is 9.85. The van der Waals surface area contributed by atoms with Crippen molar-refractivity contribution < 1.29 is 9.53 Å². The van der Waals surface area contributed by atoms with Crippen molar-refractivity contribution in [3.8, 4) is 17.3 Å². The molecule has 1 aromatic carbocycles. The normalized spacial score (nSPS) is 14.8. The molecule has 2 N–H and O–H groups in total. The molecule has 6 heteroatoms. The molecule has 0 fully saturated rings. The van der Waals surface area contributed by atoms with Crippen molar-refractivity contribution in [1.82, 2.24) is 14.5 Å². The Morgan fingerprint density at radius 2 is 2.28 bits per heavy atom. The summed E-state index contributed by atoms with van der Waals surface area (Å²) in [6.45, 7) is 3.34. The number of ether oxygens (including phenoxy) is 1. The minimum atomic E-state index is -0.299. The maximum atomic E-state index is 11.4. The van der Waals surface area contributed by atoms with Crippen LogP contribution >= 0.6 is 0 Å². The number of hydrogen-bond acceptors (Lipinski definition) is 4. The lowest BCUT2D eigenvalue weighted by atomic mass is 10.00. The fraction of sp³-hybridized carbons (Fsp3) is 0.316. The van der Waals surface area contributed by atoms with Gasteiger partial charge in [-0.05, 0) is 42.7 Å². The number of hydrogen-bond donors (Lipinski definition) is 1. The van der Waals surface area contributed by atoms with Gasteiger partial charge < -0.3 is 15.0 Å². The van der Waals surface area contributed by atoms with Gasteiger partial charge in [0.25, 0.3) is 0 Å². The first-order valence-corrected chi connectivity index (χ1v) is 8.50. The molecule has 1 aliphatic rings. The number of pyridine rings is 1. The number of nitrogens with two attached hydrogens (primary N) is 1. The van der Waals surface area contributed by atoms with Crippen LogP contribution in [0.25, 0.3) is 22.6 Å². The summed E-state index contributed by atoms with van der Waals surface area (Å²) in [5.74, 6) is 1.14. The number of aromatic nitrogens is 3. The second-order valence-electron chi connectivity index (χ2n) is 6.47. The van der Waals surface area contributed by atoms with Crippen molar-refractivity contribution in [3.05, 3.63) is 42.1 Å². The van der Waals surface area contributed by atoms with Gasteiger partial charge in [0.05, 0.1) is 12.1 Å². The van der Waals surface area contributed by atoms with E-state index in [9.17, 15) is 4.79 Å². The highest BCUT2D eigenvalue weighted by atomic mass is 16.5. The Kier molecular flexibility index (Phi) is 3.87. The van der Waals surface area contributed by atoms with Crippen molar-refractivity contribution in [3.63, 3.8) is 0 Å². The van der Waals surface area contributed by atoms with Gasteiger partial charge in [0.2, 0.25) is 5.91 Å². The lowest BCUT2D eigenvalue weighted by molar-refractivity contribution is -0.121. The molecule has 1 amide bonds. The van der Waals surface area contributed by atoms with Crippen LogP contribution in [0, 0.1) is 5.92 Å². The summed E-state index contributed by atoms with van der Waals surface area (Å²) in [4.78, 5) is 20.7. The molecule has 1 aliphatic heterocycles. The number of amides is 1. The van der Waals surface area contributed by atoms with Crippen molar-refractivity contribution in [2.45, 2.75) is 26.3 Å². The Morgan fingerprint density at radius 1 is 1.40 bits per heavy atom. The summed E-state index contributed by atoms with van der Waals surface area (Å²) in [5.41, 5.74) is 9.12. The first-order chi connectivity index (χ1) is 12.1. The molecule has 4 rings (SSSR count). The third-order valence-corrected chi connectivity index (χ3v) is 4.57. The first kappa shape index (κ1) is 15.6. The Labute approximate surface area is 145 Å². The van der Waals surface area contributed by atoms with E-state index in [-0.39, 0.29) is 11.8 Å². The third kappa shape index (κ3) is 2.84. The van der Waals surface area contributed by atoms with Gasteiger partial charge in [0, 0.05) is 18.7 Å². The van der Waals surface area contributed by atoms with Gasteiger partial charge in [-0.1, -0.05) is 13.0 Å². The number of carbonyl (C=O) groups excluding carboxylic acids is 1. The number of carbonyl (C=O) groups is 1. The van der Waals surface area contributed by atoms with Gasteiger partial charge in [-0.3, -0.25) is 9.78 Å². The lowest BCUT2D eigenvalue weighted by Crippen LogP contribution is -2.22. The maximum absolute atomic E-state index is 11.4. The minimum absolute atomic E-state index is 0.229. The van der Waals surface area contributed by atoms with E-state index < -0.39 is 0 Å². The maximum Gasteiger partial charge on any atom is 0.220 e. The molecule has 6 nitrogen and oxygen atoms in total. The average Bonchev–Trinajstić information content (AvgIpc) is 2.83. The van der Waals surface area contributed by atoms with Crippen LogP contribution in [-0.4, -0.2) is 27.0 Å². The largest absolute Gasteiger partial charge is 0.491 e. The van der Waals surface area contributed by atoms with Gasteiger partial charge in [0.15, 0.2) is 5.82 Å². The van der Waals surface area contributed by atoms with Crippen molar-refractivity contribution >= 4 is 16.9 Å². The van der Waals surface area contributed by atoms with Crippen LogP contribution in [0.3, 0.4) is 0 Å². The van der Waals surface area contributed by atoms with Crippen molar-refractivity contribution in [2.24, 2.45) is 11.7 Å². The highest BCUT2D eigenvalue weighted by Crippen LogP contribution is 2.34. The van der Waals surface area contributed by atoms with Gasteiger partial charge in [-0.15, -0.1) is 0 Å². The van der Waals surface area contributed by atoms with Crippen LogP contribution in [0.2, 0.25) is 0 Å².